The van der Waals surface area contributed by atoms with Crippen LogP contribution in [0.4, 0.5) is 0 Å². The number of aryl methyl sites for hydroxylation is 2. The molecule has 2 aliphatic rings. The lowest BCUT2D eigenvalue weighted by atomic mass is 9.60. The minimum Gasteiger partial charge on any atom is -0.454 e. The van der Waals surface area contributed by atoms with Crippen LogP contribution in [0.5, 0.6) is 0 Å². The Bertz CT molecular complexity index is 1980. The van der Waals surface area contributed by atoms with Crippen LogP contribution in [0, 0.1) is 18.3 Å². The van der Waals surface area contributed by atoms with Crippen molar-refractivity contribution in [2.24, 2.45) is 7.05 Å². The summed E-state index contributed by atoms with van der Waals surface area (Å²) in [6.07, 6.45) is 8.22. The van der Waals surface area contributed by atoms with E-state index in [9.17, 15) is 6.63 Å². The van der Waals surface area contributed by atoms with Gasteiger partial charge in [0, 0.05) is 29.8 Å². The lowest BCUT2D eigenvalue weighted by Crippen LogP contribution is -2.35. The summed E-state index contributed by atoms with van der Waals surface area (Å²) >= 11 is 0. The SMILES string of the molecule is [2H]C1(c2cc(-c3c(C#N)ccc4c3oc3c(-c5cccc[n+]5C)c(C)ccc34)cc3c2C(C)(C)CCC3(C)C)CCCC1. The van der Waals surface area contributed by atoms with Crippen molar-refractivity contribution in [2.75, 3.05) is 0 Å². The number of nitriles is 1. The number of nitrogens with zero attached hydrogens (tertiary/aromatic N) is 2. The number of fused-ring (bicyclic) bond motifs is 4. The van der Waals surface area contributed by atoms with E-state index >= 15 is 0 Å². The fraction of sp³-hybridized carbons (Fsp3) is 0.385. The molecule has 7 rings (SSSR count). The molecule has 3 aromatic carbocycles. The summed E-state index contributed by atoms with van der Waals surface area (Å²) in [5, 5.41) is 12.5. The third-order valence-corrected chi connectivity index (χ3v) is 10.2. The molecule has 0 unspecified atom stereocenters. The summed E-state index contributed by atoms with van der Waals surface area (Å²) in [5.74, 6) is -0.605. The molecule has 5 aromatic rings. The average molecular weight is 555 g/mol. The molecule has 0 N–H and O–H groups in total. The van der Waals surface area contributed by atoms with Crippen LogP contribution >= 0.6 is 0 Å². The first-order valence-electron chi connectivity index (χ1n) is 16.0. The van der Waals surface area contributed by atoms with Gasteiger partial charge in [0.1, 0.15) is 18.2 Å². The summed E-state index contributed by atoms with van der Waals surface area (Å²) in [6.45, 7) is 11.5. The molecule has 1 saturated carbocycles. The molecular formula is C39H41N2O+. The van der Waals surface area contributed by atoms with Crippen molar-refractivity contribution in [1.82, 2.24) is 0 Å². The zero-order valence-corrected chi connectivity index (χ0v) is 25.8. The van der Waals surface area contributed by atoms with Gasteiger partial charge in [0.25, 0.3) is 0 Å². The van der Waals surface area contributed by atoms with E-state index in [0.717, 1.165) is 88.4 Å². The summed E-state index contributed by atoms with van der Waals surface area (Å²) in [4.78, 5) is 0. The summed E-state index contributed by atoms with van der Waals surface area (Å²) in [5.41, 5.74) is 11.2. The van der Waals surface area contributed by atoms with Gasteiger partial charge in [0.15, 0.2) is 6.20 Å². The number of hydrogen-bond donors (Lipinski definition) is 0. The van der Waals surface area contributed by atoms with E-state index in [1.54, 1.807) is 0 Å². The highest BCUT2D eigenvalue weighted by Crippen LogP contribution is 2.53. The van der Waals surface area contributed by atoms with Gasteiger partial charge in [-0.15, -0.1) is 0 Å². The van der Waals surface area contributed by atoms with E-state index in [0.29, 0.717) is 5.56 Å². The monoisotopic (exact) mass is 554 g/mol. The maximum absolute atomic E-state index is 10.5. The van der Waals surface area contributed by atoms with Gasteiger partial charge in [-0.3, -0.25) is 0 Å². The molecule has 212 valence electrons. The largest absolute Gasteiger partial charge is 0.454 e. The Hall–Kier alpha value is -3.90. The molecule has 0 spiro atoms. The lowest BCUT2D eigenvalue weighted by Gasteiger charge is -2.44. The number of pyridine rings is 1. The van der Waals surface area contributed by atoms with Crippen molar-refractivity contribution >= 4 is 21.9 Å². The van der Waals surface area contributed by atoms with E-state index in [4.69, 9.17) is 4.42 Å². The highest BCUT2D eigenvalue weighted by molar-refractivity contribution is 6.14. The topological polar surface area (TPSA) is 40.8 Å². The van der Waals surface area contributed by atoms with E-state index in [1.807, 2.05) is 18.2 Å². The van der Waals surface area contributed by atoms with Gasteiger partial charge >= 0.3 is 0 Å². The van der Waals surface area contributed by atoms with Crippen LogP contribution in [-0.4, -0.2) is 0 Å². The molecule has 0 atom stereocenters. The van der Waals surface area contributed by atoms with Gasteiger partial charge in [-0.1, -0.05) is 64.8 Å². The second kappa shape index (κ2) is 9.56. The number of benzene rings is 3. The van der Waals surface area contributed by atoms with Gasteiger partial charge in [0.2, 0.25) is 5.69 Å². The van der Waals surface area contributed by atoms with Crippen LogP contribution in [0.1, 0.15) is 101 Å². The molecule has 0 saturated heterocycles. The van der Waals surface area contributed by atoms with Crippen LogP contribution in [0.3, 0.4) is 0 Å². The molecule has 3 nitrogen and oxygen atoms in total. The van der Waals surface area contributed by atoms with Gasteiger partial charge in [-0.2, -0.15) is 5.26 Å². The number of rotatable bonds is 3. The fourth-order valence-electron chi connectivity index (χ4n) is 7.77. The molecule has 2 aliphatic carbocycles. The van der Waals surface area contributed by atoms with Crippen LogP contribution < -0.4 is 4.57 Å². The quantitative estimate of drug-likeness (QED) is 0.208. The first-order valence-corrected chi connectivity index (χ1v) is 15.5. The van der Waals surface area contributed by atoms with E-state index in [1.165, 1.54) is 16.7 Å². The van der Waals surface area contributed by atoms with Crippen molar-refractivity contribution < 1.29 is 10.4 Å². The molecule has 0 amide bonds. The minimum atomic E-state index is -0.605. The van der Waals surface area contributed by atoms with E-state index < -0.39 is 5.89 Å². The van der Waals surface area contributed by atoms with E-state index in [2.05, 4.69) is 94.9 Å². The maximum Gasteiger partial charge on any atom is 0.216 e. The molecule has 0 aliphatic heterocycles. The molecule has 2 heterocycles. The maximum atomic E-state index is 10.5. The smallest absolute Gasteiger partial charge is 0.216 e. The molecule has 42 heavy (non-hydrogen) atoms. The zero-order valence-electron chi connectivity index (χ0n) is 26.8. The minimum absolute atomic E-state index is 0.00355. The first kappa shape index (κ1) is 25.8. The first-order chi connectivity index (χ1) is 20.4. The van der Waals surface area contributed by atoms with Crippen LogP contribution in [0.15, 0.2) is 65.2 Å². The van der Waals surface area contributed by atoms with Crippen LogP contribution in [0.2, 0.25) is 0 Å². The Morgan fingerprint density at radius 2 is 1.60 bits per heavy atom. The van der Waals surface area contributed by atoms with Crippen molar-refractivity contribution in [3.8, 4) is 28.5 Å². The second-order valence-electron chi connectivity index (χ2n) is 13.9. The molecule has 0 radical (unpaired) electrons. The number of furan rings is 1. The zero-order chi connectivity index (χ0) is 30.3. The Balaban J connectivity index is 1.59. The normalized spacial score (nSPS) is 19.0. The number of hydrogen-bond acceptors (Lipinski definition) is 2. The Morgan fingerprint density at radius 3 is 2.31 bits per heavy atom. The Morgan fingerprint density at radius 1 is 0.905 bits per heavy atom. The van der Waals surface area contributed by atoms with Gasteiger partial charge in [0.05, 0.1) is 17.2 Å². The third-order valence-electron chi connectivity index (χ3n) is 10.2. The molecule has 3 heteroatoms. The Kier molecular flexibility index (Phi) is 5.87. The van der Waals surface area contributed by atoms with Crippen LogP contribution in [0.25, 0.3) is 44.3 Å². The third kappa shape index (κ3) is 4.03. The van der Waals surface area contributed by atoms with E-state index in [-0.39, 0.29) is 10.8 Å². The van der Waals surface area contributed by atoms with Crippen LogP contribution in [-0.2, 0) is 17.9 Å². The van der Waals surface area contributed by atoms with Crippen molar-refractivity contribution in [2.45, 2.75) is 89.9 Å². The highest BCUT2D eigenvalue weighted by Gasteiger charge is 2.40. The molecule has 0 bridgehead atoms. The van der Waals surface area contributed by atoms with Crippen molar-refractivity contribution in [3.05, 3.63) is 88.6 Å². The summed E-state index contributed by atoms with van der Waals surface area (Å²) in [6, 6.07) is 21.7. The summed E-state index contributed by atoms with van der Waals surface area (Å²) < 4.78 is 18.8. The highest BCUT2D eigenvalue weighted by atomic mass is 16.3. The van der Waals surface area contributed by atoms with Gasteiger partial charge < -0.3 is 4.42 Å². The van der Waals surface area contributed by atoms with Crippen molar-refractivity contribution in [3.63, 3.8) is 0 Å². The predicted octanol–water partition coefficient (Wildman–Crippen LogP) is 9.93. The predicted molar refractivity (Wildman–Crippen MR) is 172 cm³/mol. The number of aromatic nitrogens is 1. The average Bonchev–Trinajstić information content (AvgIpc) is 3.59. The molecular weight excluding hydrogens is 512 g/mol. The lowest BCUT2D eigenvalue weighted by molar-refractivity contribution is -0.660. The second-order valence-corrected chi connectivity index (χ2v) is 13.9. The van der Waals surface area contributed by atoms with Crippen molar-refractivity contribution in [1.29, 1.82) is 5.26 Å². The standard InChI is InChI=1S/C39H41N2O/c1-24-14-16-28-29-17-15-26(23-40)34(37(29)42-36(28)33(24)32-13-9-10-20-41(32)6)27-21-30(25-11-7-8-12-25)35-31(22-27)38(2,3)18-19-39(35,4)5/h9-10,13-17,20-22,25H,7-8,11-12,18-19H2,1-6H3/q+1/i25D. The Labute approximate surface area is 251 Å². The fourth-order valence-corrected chi connectivity index (χ4v) is 7.77. The molecule has 1 fully saturated rings. The molecule has 2 aromatic heterocycles. The summed E-state index contributed by atoms with van der Waals surface area (Å²) in [7, 11) is 2.06. The van der Waals surface area contributed by atoms with Gasteiger partial charge in [-0.05, 0) is 95.3 Å². The van der Waals surface area contributed by atoms with Gasteiger partial charge in [-0.25, -0.2) is 4.57 Å².